The van der Waals surface area contributed by atoms with E-state index >= 15 is 0 Å². The van der Waals surface area contributed by atoms with Gasteiger partial charge in [-0.05, 0) is 51.9 Å². The third-order valence-corrected chi connectivity index (χ3v) is 4.46. The third-order valence-electron chi connectivity index (χ3n) is 4.46. The molecule has 0 spiro atoms. The number of methoxy groups -OCH3 is 1. The lowest BCUT2D eigenvalue weighted by molar-refractivity contribution is -0.128. The number of aryl methyl sites for hydroxylation is 1. The van der Waals surface area contributed by atoms with Crippen molar-refractivity contribution in [1.29, 1.82) is 0 Å². The molecule has 1 saturated heterocycles. The summed E-state index contributed by atoms with van der Waals surface area (Å²) in [5, 5.41) is 6.39. The molecule has 5 nitrogen and oxygen atoms in total. The fourth-order valence-electron chi connectivity index (χ4n) is 2.93. The van der Waals surface area contributed by atoms with Crippen molar-refractivity contribution in [2.75, 3.05) is 33.4 Å². The predicted octanol–water partition coefficient (Wildman–Crippen LogP) is 2.32. The first-order chi connectivity index (χ1) is 11.0. The summed E-state index contributed by atoms with van der Waals surface area (Å²) >= 11 is 0. The molecule has 0 radical (unpaired) electrons. The summed E-state index contributed by atoms with van der Waals surface area (Å²) < 4.78 is 11.1. The first-order valence-electron chi connectivity index (χ1n) is 8.25. The van der Waals surface area contributed by atoms with Gasteiger partial charge in [0, 0.05) is 19.1 Å². The summed E-state index contributed by atoms with van der Waals surface area (Å²) in [5.74, 6) is 0.631. The van der Waals surface area contributed by atoms with Gasteiger partial charge in [0.15, 0.2) is 6.10 Å². The first-order valence-corrected chi connectivity index (χ1v) is 8.25. The van der Waals surface area contributed by atoms with Crippen molar-refractivity contribution < 1.29 is 14.3 Å². The molecular formula is C18H29ClN2O3. The summed E-state index contributed by atoms with van der Waals surface area (Å²) in [6.07, 6.45) is 1.50. The zero-order valence-electron chi connectivity index (χ0n) is 14.8. The highest BCUT2D eigenvalue weighted by atomic mass is 35.5. The molecule has 1 aliphatic heterocycles. The van der Waals surface area contributed by atoms with E-state index in [1.54, 1.807) is 14.0 Å². The van der Waals surface area contributed by atoms with Crippen LogP contribution in [0.3, 0.4) is 0 Å². The van der Waals surface area contributed by atoms with Crippen LogP contribution in [-0.4, -0.2) is 45.4 Å². The Morgan fingerprint density at radius 3 is 2.50 bits per heavy atom. The maximum absolute atomic E-state index is 12.3. The number of halogens is 1. The molecule has 1 unspecified atom stereocenters. The second-order valence-electron chi connectivity index (χ2n) is 6.47. The topological polar surface area (TPSA) is 59.6 Å². The lowest BCUT2D eigenvalue weighted by Gasteiger charge is -2.37. The maximum Gasteiger partial charge on any atom is 0.260 e. The van der Waals surface area contributed by atoms with Crippen LogP contribution in [0.2, 0.25) is 0 Å². The molecule has 0 aromatic heterocycles. The van der Waals surface area contributed by atoms with Crippen LogP contribution < -0.4 is 15.4 Å². The molecule has 0 aliphatic carbocycles. The maximum atomic E-state index is 12.3. The van der Waals surface area contributed by atoms with E-state index in [-0.39, 0.29) is 23.7 Å². The van der Waals surface area contributed by atoms with Crippen LogP contribution in [0.25, 0.3) is 0 Å². The second kappa shape index (κ2) is 9.87. The number of amides is 1. The summed E-state index contributed by atoms with van der Waals surface area (Å²) in [7, 11) is 1.72. The smallest absolute Gasteiger partial charge is 0.260 e. The third kappa shape index (κ3) is 5.96. The lowest BCUT2D eigenvalue weighted by atomic mass is 9.79. The van der Waals surface area contributed by atoms with E-state index in [1.165, 1.54) is 5.56 Å². The highest BCUT2D eigenvalue weighted by Crippen LogP contribution is 2.28. The number of ether oxygens (including phenoxy) is 2. The van der Waals surface area contributed by atoms with Gasteiger partial charge in [0.1, 0.15) is 5.75 Å². The normalized spacial score (nSPS) is 17.5. The number of piperidine rings is 1. The Labute approximate surface area is 150 Å². The SMILES string of the molecule is COCC1(CNC(=O)C(C)Oc2ccc(C)cc2)CCNCC1.Cl. The molecule has 2 rings (SSSR count). The van der Waals surface area contributed by atoms with Crippen molar-refractivity contribution in [3.63, 3.8) is 0 Å². The standard InChI is InChI=1S/C18H28N2O3.ClH/c1-14-4-6-16(7-5-14)23-15(2)17(21)20-12-18(13-22-3)8-10-19-11-9-18;/h4-7,15,19H,8-13H2,1-3H3,(H,20,21);1H. The number of carbonyl (C=O) groups is 1. The van der Waals surface area contributed by atoms with Gasteiger partial charge in [-0.3, -0.25) is 4.79 Å². The largest absolute Gasteiger partial charge is 0.481 e. The number of carbonyl (C=O) groups excluding carboxylic acids is 1. The zero-order chi connectivity index (χ0) is 16.7. The highest BCUT2D eigenvalue weighted by molar-refractivity contribution is 5.85. The van der Waals surface area contributed by atoms with E-state index in [9.17, 15) is 4.79 Å². The highest BCUT2D eigenvalue weighted by Gasteiger charge is 2.33. The zero-order valence-corrected chi connectivity index (χ0v) is 15.6. The minimum absolute atomic E-state index is 0. The molecule has 1 fully saturated rings. The van der Waals surface area contributed by atoms with Crippen molar-refractivity contribution in [3.8, 4) is 5.75 Å². The van der Waals surface area contributed by atoms with Crippen LogP contribution in [0.15, 0.2) is 24.3 Å². The number of benzene rings is 1. The number of hydrogen-bond donors (Lipinski definition) is 2. The molecule has 1 heterocycles. The molecule has 2 N–H and O–H groups in total. The van der Waals surface area contributed by atoms with Crippen LogP contribution in [-0.2, 0) is 9.53 Å². The van der Waals surface area contributed by atoms with Crippen molar-refractivity contribution in [1.82, 2.24) is 10.6 Å². The molecule has 6 heteroatoms. The van der Waals surface area contributed by atoms with E-state index in [2.05, 4.69) is 10.6 Å². The summed E-state index contributed by atoms with van der Waals surface area (Å²) in [6, 6.07) is 7.72. The average molecular weight is 357 g/mol. The lowest BCUT2D eigenvalue weighted by Crippen LogP contribution is -2.49. The van der Waals surface area contributed by atoms with Gasteiger partial charge in [-0.2, -0.15) is 0 Å². The minimum atomic E-state index is -0.515. The molecule has 24 heavy (non-hydrogen) atoms. The molecule has 136 valence electrons. The van der Waals surface area contributed by atoms with Gasteiger partial charge in [-0.1, -0.05) is 17.7 Å². The molecule has 0 bridgehead atoms. The molecule has 1 aliphatic rings. The number of hydrogen-bond acceptors (Lipinski definition) is 4. The number of nitrogens with one attached hydrogen (secondary N) is 2. The van der Waals surface area contributed by atoms with Crippen molar-refractivity contribution in [2.24, 2.45) is 5.41 Å². The van der Waals surface area contributed by atoms with E-state index in [1.807, 2.05) is 31.2 Å². The van der Waals surface area contributed by atoms with E-state index in [0.29, 0.717) is 18.9 Å². The van der Waals surface area contributed by atoms with Crippen LogP contribution >= 0.6 is 12.4 Å². The summed E-state index contributed by atoms with van der Waals surface area (Å²) in [6.45, 7) is 7.03. The van der Waals surface area contributed by atoms with Crippen LogP contribution in [0.4, 0.5) is 0 Å². The summed E-state index contributed by atoms with van der Waals surface area (Å²) in [4.78, 5) is 12.3. The molecule has 1 aromatic rings. The molecular weight excluding hydrogens is 328 g/mol. The van der Waals surface area contributed by atoms with Crippen molar-refractivity contribution in [3.05, 3.63) is 29.8 Å². The minimum Gasteiger partial charge on any atom is -0.481 e. The Morgan fingerprint density at radius 1 is 1.29 bits per heavy atom. The van der Waals surface area contributed by atoms with E-state index in [0.717, 1.165) is 25.9 Å². The number of rotatable bonds is 7. The van der Waals surface area contributed by atoms with Crippen molar-refractivity contribution >= 4 is 18.3 Å². The fourth-order valence-corrected chi connectivity index (χ4v) is 2.93. The van der Waals surface area contributed by atoms with Gasteiger partial charge in [0.2, 0.25) is 0 Å². The van der Waals surface area contributed by atoms with Crippen LogP contribution in [0, 0.1) is 12.3 Å². The first kappa shape index (κ1) is 20.7. The van der Waals surface area contributed by atoms with Gasteiger partial charge in [0.25, 0.3) is 5.91 Å². The fraction of sp³-hybridized carbons (Fsp3) is 0.611. The molecule has 0 saturated carbocycles. The Morgan fingerprint density at radius 2 is 1.92 bits per heavy atom. The van der Waals surface area contributed by atoms with Gasteiger partial charge in [0.05, 0.1) is 6.61 Å². The predicted molar refractivity (Wildman–Crippen MR) is 97.9 cm³/mol. The summed E-state index contributed by atoms with van der Waals surface area (Å²) in [5.41, 5.74) is 1.20. The van der Waals surface area contributed by atoms with Gasteiger partial charge >= 0.3 is 0 Å². The van der Waals surface area contributed by atoms with Crippen LogP contribution in [0.5, 0.6) is 5.75 Å². The average Bonchev–Trinajstić information content (AvgIpc) is 2.56. The Balaban J connectivity index is 0.00000288. The van der Waals surface area contributed by atoms with Gasteiger partial charge < -0.3 is 20.1 Å². The van der Waals surface area contributed by atoms with Gasteiger partial charge in [-0.25, -0.2) is 0 Å². The molecule has 1 aromatic carbocycles. The van der Waals surface area contributed by atoms with E-state index < -0.39 is 6.10 Å². The van der Waals surface area contributed by atoms with Gasteiger partial charge in [-0.15, -0.1) is 12.4 Å². The van der Waals surface area contributed by atoms with Crippen LogP contribution in [0.1, 0.15) is 25.3 Å². The van der Waals surface area contributed by atoms with E-state index in [4.69, 9.17) is 9.47 Å². The quantitative estimate of drug-likeness (QED) is 0.787. The molecule has 1 atom stereocenters. The Hall–Kier alpha value is -1.30. The Kier molecular flexibility index (Phi) is 8.53. The monoisotopic (exact) mass is 356 g/mol. The second-order valence-corrected chi connectivity index (χ2v) is 6.47. The van der Waals surface area contributed by atoms with Crippen molar-refractivity contribution in [2.45, 2.75) is 32.8 Å². The Bertz CT molecular complexity index is 496. The molecule has 1 amide bonds.